The molecule has 2 aliphatic rings. The van der Waals surface area contributed by atoms with E-state index in [1.165, 1.54) is 25.5 Å². The Kier molecular flexibility index (Phi) is 3.14. The summed E-state index contributed by atoms with van der Waals surface area (Å²) in [6.07, 6.45) is 4.11. The van der Waals surface area contributed by atoms with Crippen molar-refractivity contribution < 1.29 is 4.39 Å². The fourth-order valence-electron chi connectivity index (χ4n) is 3.93. The summed E-state index contributed by atoms with van der Waals surface area (Å²) in [5, 5.41) is 8.34. The lowest BCUT2D eigenvalue weighted by molar-refractivity contribution is 0.230. The van der Waals surface area contributed by atoms with Gasteiger partial charge in [0.15, 0.2) is 5.82 Å². The lowest BCUT2D eigenvalue weighted by Crippen LogP contribution is -2.50. The molecule has 8 heteroatoms. The number of nitrogens with zero attached hydrogens (tertiary/aromatic N) is 6. The van der Waals surface area contributed by atoms with Crippen LogP contribution in [0.25, 0.3) is 16.7 Å². The average molecular weight is 347 g/mol. The summed E-state index contributed by atoms with van der Waals surface area (Å²) in [6.45, 7) is 4.04. The molecule has 6 nitrogen and oxygen atoms in total. The molecule has 1 unspecified atom stereocenters. The number of rotatable bonds is 1. The molecule has 0 radical (unpaired) electrons. The standard InChI is InChI=1S/C16H16ClFN6/c17-11-6-14-13(7-12(11)18)20-15(16-21-19-9-24(14)16)23-5-4-22-3-1-2-10(22)8-23/h6-7,9-10H,1-5,8H2. The Morgan fingerprint density at radius 3 is 3.04 bits per heavy atom. The van der Waals surface area contributed by atoms with Crippen LogP contribution in [0.1, 0.15) is 12.8 Å². The highest BCUT2D eigenvalue weighted by molar-refractivity contribution is 6.31. The van der Waals surface area contributed by atoms with Gasteiger partial charge < -0.3 is 4.90 Å². The Balaban J connectivity index is 1.67. The third-order valence-electron chi connectivity index (χ3n) is 5.14. The van der Waals surface area contributed by atoms with E-state index >= 15 is 0 Å². The van der Waals surface area contributed by atoms with Crippen LogP contribution in [-0.4, -0.2) is 56.7 Å². The number of fused-ring (bicyclic) bond motifs is 4. The quantitative estimate of drug-likeness (QED) is 0.677. The third-order valence-corrected chi connectivity index (χ3v) is 5.43. The van der Waals surface area contributed by atoms with Gasteiger partial charge in [0.25, 0.3) is 0 Å². The fourth-order valence-corrected chi connectivity index (χ4v) is 4.09. The van der Waals surface area contributed by atoms with E-state index in [1.807, 2.05) is 4.40 Å². The second-order valence-corrected chi connectivity index (χ2v) is 6.90. The predicted molar refractivity (Wildman–Crippen MR) is 90.1 cm³/mol. The van der Waals surface area contributed by atoms with E-state index in [0.29, 0.717) is 22.7 Å². The topological polar surface area (TPSA) is 49.6 Å². The van der Waals surface area contributed by atoms with Crippen LogP contribution in [0.5, 0.6) is 0 Å². The van der Waals surface area contributed by atoms with E-state index in [-0.39, 0.29) is 5.02 Å². The number of halogens is 2. The summed E-state index contributed by atoms with van der Waals surface area (Å²) < 4.78 is 15.7. The van der Waals surface area contributed by atoms with Crippen molar-refractivity contribution in [3.63, 3.8) is 0 Å². The molecule has 0 amide bonds. The lowest BCUT2D eigenvalue weighted by Gasteiger charge is -2.38. The molecule has 0 aliphatic carbocycles. The zero-order valence-electron chi connectivity index (χ0n) is 13.0. The van der Waals surface area contributed by atoms with Gasteiger partial charge in [0.1, 0.15) is 12.1 Å². The zero-order chi connectivity index (χ0) is 16.3. The van der Waals surface area contributed by atoms with Gasteiger partial charge in [-0.05, 0) is 25.5 Å². The maximum absolute atomic E-state index is 13.9. The minimum atomic E-state index is -0.462. The molecule has 0 spiro atoms. The highest BCUT2D eigenvalue weighted by Crippen LogP contribution is 2.30. The summed E-state index contributed by atoms with van der Waals surface area (Å²) >= 11 is 5.93. The summed E-state index contributed by atoms with van der Waals surface area (Å²) in [4.78, 5) is 9.49. The van der Waals surface area contributed by atoms with Crippen molar-refractivity contribution in [3.05, 3.63) is 29.3 Å². The van der Waals surface area contributed by atoms with Crippen LogP contribution in [0.15, 0.2) is 18.5 Å². The maximum atomic E-state index is 13.9. The lowest BCUT2D eigenvalue weighted by atomic mass is 10.1. The molecule has 0 N–H and O–H groups in total. The summed E-state index contributed by atoms with van der Waals surface area (Å²) in [6, 6.07) is 3.53. The van der Waals surface area contributed by atoms with E-state index in [2.05, 4.69) is 20.0 Å². The number of hydrogen-bond acceptors (Lipinski definition) is 5. The van der Waals surface area contributed by atoms with Crippen LogP contribution >= 0.6 is 11.6 Å². The summed E-state index contributed by atoms with van der Waals surface area (Å²) in [5.74, 6) is 0.309. The molecular formula is C16H16ClFN6. The molecule has 2 aromatic heterocycles. The Morgan fingerprint density at radius 1 is 1.21 bits per heavy atom. The number of aromatic nitrogens is 4. The van der Waals surface area contributed by atoms with E-state index in [0.717, 1.165) is 25.5 Å². The van der Waals surface area contributed by atoms with Gasteiger partial charge in [0, 0.05) is 31.7 Å². The molecule has 0 saturated carbocycles. The van der Waals surface area contributed by atoms with Gasteiger partial charge in [-0.25, -0.2) is 9.37 Å². The number of benzene rings is 1. The first-order chi connectivity index (χ1) is 11.7. The van der Waals surface area contributed by atoms with Gasteiger partial charge in [0.2, 0.25) is 5.65 Å². The molecule has 1 atom stereocenters. The number of piperazine rings is 1. The summed E-state index contributed by atoms with van der Waals surface area (Å²) in [7, 11) is 0. The second kappa shape index (κ2) is 5.26. The SMILES string of the molecule is Fc1cc2nc(N3CCN4CCCC4C3)c3nncn3c2cc1Cl. The van der Waals surface area contributed by atoms with Crippen molar-refractivity contribution in [1.82, 2.24) is 24.5 Å². The van der Waals surface area contributed by atoms with Crippen molar-refractivity contribution in [1.29, 1.82) is 0 Å². The van der Waals surface area contributed by atoms with Gasteiger partial charge in [-0.2, -0.15) is 0 Å². The van der Waals surface area contributed by atoms with Crippen LogP contribution in [0, 0.1) is 5.82 Å². The Bertz CT molecular complexity index is 941. The van der Waals surface area contributed by atoms with Crippen molar-refractivity contribution in [2.24, 2.45) is 0 Å². The fraction of sp³-hybridized carbons (Fsp3) is 0.438. The maximum Gasteiger partial charge on any atom is 0.204 e. The highest BCUT2D eigenvalue weighted by atomic mass is 35.5. The molecule has 4 heterocycles. The first-order valence-electron chi connectivity index (χ1n) is 8.18. The van der Waals surface area contributed by atoms with E-state index < -0.39 is 5.82 Å². The Hall–Kier alpha value is -1.99. The molecular weight excluding hydrogens is 331 g/mol. The van der Waals surface area contributed by atoms with Gasteiger partial charge in [-0.1, -0.05) is 11.6 Å². The van der Waals surface area contributed by atoms with Crippen LogP contribution in [0.4, 0.5) is 10.2 Å². The minimum Gasteiger partial charge on any atom is -0.351 e. The van der Waals surface area contributed by atoms with Gasteiger partial charge in [-0.3, -0.25) is 9.30 Å². The Labute approximate surface area is 142 Å². The number of anilines is 1. The molecule has 124 valence electrons. The largest absolute Gasteiger partial charge is 0.351 e. The molecule has 0 bridgehead atoms. The Morgan fingerprint density at radius 2 is 2.12 bits per heavy atom. The molecule has 2 saturated heterocycles. The normalized spacial score (nSPS) is 21.8. The molecule has 2 fully saturated rings. The van der Waals surface area contributed by atoms with Gasteiger partial charge in [0.05, 0.1) is 16.1 Å². The molecule has 24 heavy (non-hydrogen) atoms. The third kappa shape index (κ3) is 2.08. The van der Waals surface area contributed by atoms with E-state index in [9.17, 15) is 4.39 Å². The first-order valence-corrected chi connectivity index (χ1v) is 8.56. The minimum absolute atomic E-state index is 0.0756. The van der Waals surface area contributed by atoms with Crippen LogP contribution in [0.2, 0.25) is 5.02 Å². The van der Waals surface area contributed by atoms with Crippen LogP contribution < -0.4 is 4.90 Å². The number of hydrogen-bond donors (Lipinski definition) is 0. The van der Waals surface area contributed by atoms with Gasteiger partial charge in [-0.15, -0.1) is 10.2 Å². The van der Waals surface area contributed by atoms with E-state index in [4.69, 9.17) is 16.6 Å². The van der Waals surface area contributed by atoms with Crippen molar-refractivity contribution in [3.8, 4) is 0 Å². The van der Waals surface area contributed by atoms with Crippen LogP contribution in [-0.2, 0) is 0 Å². The summed E-state index contributed by atoms with van der Waals surface area (Å²) in [5.41, 5.74) is 1.97. The smallest absolute Gasteiger partial charge is 0.204 e. The molecule has 2 aliphatic heterocycles. The van der Waals surface area contributed by atoms with Crippen molar-refractivity contribution in [2.75, 3.05) is 31.1 Å². The second-order valence-electron chi connectivity index (χ2n) is 6.49. The monoisotopic (exact) mass is 346 g/mol. The predicted octanol–water partition coefficient (Wildman–Crippen LogP) is 2.35. The molecule has 5 rings (SSSR count). The van der Waals surface area contributed by atoms with Crippen molar-refractivity contribution in [2.45, 2.75) is 18.9 Å². The van der Waals surface area contributed by atoms with E-state index in [1.54, 1.807) is 12.4 Å². The average Bonchev–Trinajstić information content (AvgIpc) is 3.23. The molecule has 1 aromatic carbocycles. The van der Waals surface area contributed by atoms with Crippen molar-refractivity contribution >= 4 is 34.1 Å². The highest BCUT2D eigenvalue weighted by Gasteiger charge is 2.32. The van der Waals surface area contributed by atoms with Gasteiger partial charge >= 0.3 is 0 Å². The van der Waals surface area contributed by atoms with Crippen LogP contribution in [0.3, 0.4) is 0 Å². The molecule has 3 aromatic rings. The first kappa shape index (κ1) is 14.4. The zero-order valence-corrected chi connectivity index (χ0v) is 13.7.